The summed E-state index contributed by atoms with van der Waals surface area (Å²) < 4.78 is 0. The van der Waals surface area contributed by atoms with Crippen LogP contribution in [-0.4, -0.2) is 16.1 Å². The van der Waals surface area contributed by atoms with Crippen molar-refractivity contribution in [2.45, 2.75) is 33.6 Å². The second kappa shape index (κ2) is 6.05. The SMILES string of the molecule is Cc1ccc(Nc2nc(C)c(CCC(=O)O)s2)cc1C. The highest BCUT2D eigenvalue weighted by Crippen LogP contribution is 2.27. The summed E-state index contributed by atoms with van der Waals surface area (Å²) in [5.41, 5.74) is 4.40. The van der Waals surface area contributed by atoms with E-state index in [0.717, 1.165) is 21.4 Å². The van der Waals surface area contributed by atoms with Crippen molar-refractivity contribution in [3.8, 4) is 0 Å². The van der Waals surface area contributed by atoms with Gasteiger partial charge < -0.3 is 10.4 Å². The van der Waals surface area contributed by atoms with E-state index >= 15 is 0 Å². The number of anilines is 2. The predicted molar refractivity (Wildman–Crippen MR) is 82.0 cm³/mol. The Bertz CT molecular complexity index is 635. The summed E-state index contributed by atoms with van der Waals surface area (Å²) >= 11 is 1.52. The lowest BCUT2D eigenvalue weighted by Crippen LogP contribution is -1.96. The summed E-state index contributed by atoms with van der Waals surface area (Å²) in [6, 6.07) is 6.18. The Kier molecular flexibility index (Phi) is 4.39. The van der Waals surface area contributed by atoms with Crippen molar-refractivity contribution in [3.05, 3.63) is 39.9 Å². The zero-order chi connectivity index (χ0) is 14.7. The Morgan fingerprint density at radius 2 is 2.05 bits per heavy atom. The highest BCUT2D eigenvalue weighted by molar-refractivity contribution is 7.15. The van der Waals surface area contributed by atoms with E-state index in [2.05, 4.69) is 36.3 Å². The lowest BCUT2D eigenvalue weighted by atomic mass is 10.1. The third-order valence-electron chi connectivity index (χ3n) is 3.22. The van der Waals surface area contributed by atoms with Crippen LogP contribution in [0.2, 0.25) is 0 Å². The molecule has 0 aliphatic carbocycles. The van der Waals surface area contributed by atoms with Gasteiger partial charge in [0.05, 0.1) is 12.1 Å². The Morgan fingerprint density at radius 1 is 1.30 bits per heavy atom. The molecule has 2 aromatic rings. The van der Waals surface area contributed by atoms with Crippen molar-refractivity contribution in [1.82, 2.24) is 4.98 Å². The number of aliphatic carboxylic acids is 1. The van der Waals surface area contributed by atoms with Gasteiger partial charge in [0.15, 0.2) is 5.13 Å². The average molecular weight is 290 g/mol. The molecule has 0 unspecified atom stereocenters. The number of aryl methyl sites for hydroxylation is 4. The van der Waals surface area contributed by atoms with Crippen LogP contribution in [0.3, 0.4) is 0 Å². The first kappa shape index (κ1) is 14.5. The average Bonchev–Trinajstić information content (AvgIpc) is 2.72. The molecule has 0 atom stereocenters. The molecule has 0 saturated heterocycles. The van der Waals surface area contributed by atoms with Gasteiger partial charge in [-0.1, -0.05) is 6.07 Å². The number of hydrogen-bond acceptors (Lipinski definition) is 4. The minimum Gasteiger partial charge on any atom is -0.481 e. The molecule has 0 aliphatic heterocycles. The lowest BCUT2D eigenvalue weighted by molar-refractivity contribution is -0.136. The van der Waals surface area contributed by atoms with Crippen molar-refractivity contribution >= 4 is 28.1 Å². The minimum absolute atomic E-state index is 0.145. The standard InChI is InChI=1S/C15H18N2O2S/c1-9-4-5-12(8-10(9)2)17-15-16-11(3)13(20-15)6-7-14(18)19/h4-5,8H,6-7H2,1-3H3,(H,16,17)(H,18,19). The molecule has 1 aromatic heterocycles. The summed E-state index contributed by atoms with van der Waals surface area (Å²) in [7, 11) is 0. The van der Waals surface area contributed by atoms with Crippen molar-refractivity contribution in [3.63, 3.8) is 0 Å². The van der Waals surface area contributed by atoms with Crippen LogP contribution < -0.4 is 5.32 Å². The first-order chi connectivity index (χ1) is 9.45. The molecule has 1 heterocycles. The molecule has 0 aliphatic rings. The molecule has 20 heavy (non-hydrogen) atoms. The molecule has 0 amide bonds. The molecule has 2 N–H and O–H groups in total. The summed E-state index contributed by atoms with van der Waals surface area (Å²) in [6.45, 7) is 6.07. The zero-order valence-electron chi connectivity index (χ0n) is 11.9. The van der Waals surface area contributed by atoms with E-state index in [4.69, 9.17) is 5.11 Å². The Hall–Kier alpha value is -1.88. The first-order valence-corrected chi connectivity index (χ1v) is 7.29. The minimum atomic E-state index is -0.776. The van der Waals surface area contributed by atoms with Crippen LogP contribution in [-0.2, 0) is 11.2 Å². The van der Waals surface area contributed by atoms with Gasteiger partial charge in [-0.05, 0) is 50.5 Å². The third kappa shape index (κ3) is 3.57. The molecule has 0 spiro atoms. The van der Waals surface area contributed by atoms with Gasteiger partial charge in [0.1, 0.15) is 0 Å². The highest BCUT2D eigenvalue weighted by Gasteiger charge is 2.09. The van der Waals surface area contributed by atoms with E-state index in [-0.39, 0.29) is 6.42 Å². The van der Waals surface area contributed by atoms with Crippen molar-refractivity contribution in [2.75, 3.05) is 5.32 Å². The number of aromatic nitrogens is 1. The van der Waals surface area contributed by atoms with Crippen LogP contribution in [0.25, 0.3) is 0 Å². The summed E-state index contributed by atoms with van der Waals surface area (Å²) in [5.74, 6) is -0.776. The van der Waals surface area contributed by atoms with Crippen LogP contribution in [0, 0.1) is 20.8 Å². The van der Waals surface area contributed by atoms with Gasteiger partial charge in [-0.3, -0.25) is 4.79 Å². The van der Waals surface area contributed by atoms with Gasteiger partial charge in [0.2, 0.25) is 0 Å². The van der Waals surface area contributed by atoms with Gasteiger partial charge in [-0.25, -0.2) is 4.98 Å². The number of carboxylic acid groups (broad SMARTS) is 1. The molecular formula is C15H18N2O2S. The molecule has 1 aromatic carbocycles. The molecule has 0 bridgehead atoms. The van der Waals surface area contributed by atoms with E-state index in [1.54, 1.807) is 0 Å². The molecular weight excluding hydrogens is 272 g/mol. The number of thiazole rings is 1. The smallest absolute Gasteiger partial charge is 0.303 e. The molecule has 106 valence electrons. The van der Waals surface area contributed by atoms with Gasteiger partial charge >= 0.3 is 5.97 Å². The van der Waals surface area contributed by atoms with Gasteiger partial charge in [-0.15, -0.1) is 11.3 Å². The van der Waals surface area contributed by atoms with Crippen LogP contribution in [0.5, 0.6) is 0 Å². The van der Waals surface area contributed by atoms with Crippen molar-refractivity contribution < 1.29 is 9.90 Å². The Labute approximate surface area is 122 Å². The molecule has 0 fully saturated rings. The van der Waals surface area contributed by atoms with Crippen LogP contribution in [0.1, 0.15) is 28.1 Å². The zero-order valence-corrected chi connectivity index (χ0v) is 12.7. The number of carbonyl (C=O) groups is 1. The number of nitrogens with zero attached hydrogens (tertiary/aromatic N) is 1. The van der Waals surface area contributed by atoms with Gasteiger partial charge in [-0.2, -0.15) is 0 Å². The third-order valence-corrected chi connectivity index (χ3v) is 4.35. The number of nitrogens with one attached hydrogen (secondary N) is 1. The number of carboxylic acids is 1. The van der Waals surface area contributed by atoms with E-state index in [1.165, 1.54) is 22.5 Å². The second-order valence-corrected chi connectivity index (χ2v) is 5.93. The molecule has 5 heteroatoms. The van der Waals surface area contributed by atoms with Crippen LogP contribution in [0.4, 0.5) is 10.8 Å². The fraction of sp³-hybridized carbons (Fsp3) is 0.333. The molecule has 4 nitrogen and oxygen atoms in total. The maximum atomic E-state index is 10.6. The van der Waals surface area contributed by atoms with Crippen molar-refractivity contribution in [1.29, 1.82) is 0 Å². The Balaban J connectivity index is 2.11. The monoisotopic (exact) mass is 290 g/mol. The second-order valence-electron chi connectivity index (χ2n) is 4.85. The molecule has 2 rings (SSSR count). The maximum Gasteiger partial charge on any atom is 0.303 e. The first-order valence-electron chi connectivity index (χ1n) is 6.48. The fourth-order valence-corrected chi connectivity index (χ4v) is 2.86. The number of hydrogen-bond donors (Lipinski definition) is 2. The summed E-state index contributed by atoms with van der Waals surface area (Å²) in [6.07, 6.45) is 0.680. The summed E-state index contributed by atoms with van der Waals surface area (Å²) in [5, 5.41) is 12.8. The van der Waals surface area contributed by atoms with Crippen LogP contribution in [0.15, 0.2) is 18.2 Å². The number of rotatable bonds is 5. The maximum absolute atomic E-state index is 10.6. The molecule has 0 saturated carbocycles. The lowest BCUT2D eigenvalue weighted by Gasteiger charge is -2.05. The predicted octanol–water partition coefficient (Wildman–Crippen LogP) is 3.83. The molecule has 0 radical (unpaired) electrons. The number of benzene rings is 1. The highest BCUT2D eigenvalue weighted by atomic mass is 32.1. The van der Waals surface area contributed by atoms with E-state index in [0.29, 0.717) is 6.42 Å². The quantitative estimate of drug-likeness (QED) is 0.878. The van der Waals surface area contributed by atoms with E-state index in [9.17, 15) is 4.79 Å². The van der Waals surface area contributed by atoms with E-state index < -0.39 is 5.97 Å². The van der Waals surface area contributed by atoms with Gasteiger partial charge in [0, 0.05) is 10.6 Å². The van der Waals surface area contributed by atoms with E-state index in [1.807, 2.05) is 13.0 Å². The fourth-order valence-electron chi connectivity index (χ4n) is 1.88. The Morgan fingerprint density at radius 3 is 2.70 bits per heavy atom. The topological polar surface area (TPSA) is 62.2 Å². The van der Waals surface area contributed by atoms with Crippen molar-refractivity contribution in [2.24, 2.45) is 0 Å². The normalized spacial score (nSPS) is 10.6. The van der Waals surface area contributed by atoms with Crippen LogP contribution >= 0.6 is 11.3 Å². The van der Waals surface area contributed by atoms with Gasteiger partial charge in [0.25, 0.3) is 0 Å². The summed E-state index contributed by atoms with van der Waals surface area (Å²) in [4.78, 5) is 16.1. The largest absolute Gasteiger partial charge is 0.481 e.